The number of carbonyl (C=O) groups excluding carboxylic acids is 3. The number of aliphatic carboxylic acids is 1. The summed E-state index contributed by atoms with van der Waals surface area (Å²) in [7, 11) is -0.420. The lowest BCUT2D eigenvalue weighted by atomic mass is 9.80. The number of amides is 2. The van der Waals surface area contributed by atoms with E-state index >= 15 is 0 Å². The van der Waals surface area contributed by atoms with Crippen LogP contribution in [0.15, 0.2) is 126 Å². The molecule has 0 saturated carbocycles. The van der Waals surface area contributed by atoms with Crippen molar-refractivity contribution in [3.8, 4) is 11.1 Å². The lowest BCUT2D eigenvalue weighted by Crippen LogP contribution is -2.44. The third kappa shape index (κ3) is 14.1. The summed E-state index contributed by atoms with van der Waals surface area (Å²) < 4.78 is 64.4. The van der Waals surface area contributed by atoms with Crippen LogP contribution in [-0.4, -0.2) is 84.0 Å². The van der Waals surface area contributed by atoms with Crippen LogP contribution in [-0.2, 0) is 27.2 Å². The van der Waals surface area contributed by atoms with Crippen LogP contribution in [0.5, 0.6) is 0 Å². The van der Waals surface area contributed by atoms with Crippen LogP contribution in [0.25, 0.3) is 32.1 Å². The maximum Gasteiger partial charge on any atom is 0.489 e. The number of pyridine rings is 2. The summed E-state index contributed by atoms with van der Waals surface area (Å²) in [5.74, 6) is -8.55. The number of benzene rings is 4. The van der Waals surface area contributed by atoms with E-state index in [0.29, 0.717) is 50.2 Å². The number of carboxylic acid groups (broad SMARTS) is 1. The van der Waals surface area contributed by atoms with E-state index < -0.39 is 77.4 Å². The van der Waals surface area contributed by atoms with Gasteiger partial charge in [-0.25, -0.2) is 46.8 Å². The number of nitrogens with one attached hydrogen (secondary N) is 2. The first-order valence-corrected chi connectivity index (χ1v) is 22.5. The number of esters is 1. The second kappa shape index (κ2) is 26.7. The highest BCUT2D eigenvalue weighted by atomic mass is 79.9. The van der Waals surface area contributed by atoms with Gasteiger partial charge in [-0.05, 0) is 82.1 Å². The van der Waals surface area contributed by atoms with Crippen molar-refractivity contribution in [1.82, 2.24) is 29.4 Å². The van der Waals surface area contributed by atoms with Crippen LogP contribution in [0, 0.1) is 36.4 Å². The molecule has 0 fully saturated rings. The highest BCUT2D eigenvalue weighted by Gasteiger charge is 2.28. The van der Waals surface area contributed by atoms with E-state index in [2.05, 4.69) is 46.2 Å². The molecule has 2 atom stereocenters. The zero-order chi connectivity index (χ0) is 53.1. The third-order valence-corrected chi connectivity index (χ3v) is 11.8. The van der Waals surface area contributed by atoms with Crippen molar-refractivity contribution in [3.05, 3.63) is 205 Å². The zero-order valence-corrected chi connectivity index (χ0v) is 40.5. The molecule has 0 saturated heterocycles. The van der Waals surface area contributed by atoms with Gasteiger partial charge in [0.05, 0.1) is 24.7 Å². The second-order valence-corrected chi connectivity index (χ2v) is 16.8. The fourth-order valence-corrected chi connectivity index (χ4v) is 8.05. The van der Waals surface area contributed by atoms with Gasteiger partial charge in [0.25, 0.3) is 11.8 Å². The molecule has 386 valence electrons. The maximum absolute atomic E-state index is 13.9. The summed E-state index contributed by atoms with van der Waals surface area (Å²) in [6.45, 7) is 13.8. The molecule has 5 N–H and O–H groups in total. The number of carbonyl (C=O) groups is 4. The standard InChI is InChI=1S/C24H15ClF2N4O3.C18H14BrF2N3O3.C7H5BClNO2.2CH4/c1-28-13-5-7-15(17(25)11-13)16-8-6-14(31-10-9-29-22(16)31)12-20(24(33)34)30-23(32)21-18(26)3-2-4-19(21)27;1-27-18(26)14(23-17(25)15-12(20)3-2-4-13(15)21)9-10-5-6-11(19)16-22-7-8-24(10)16;1-10-5-2-3-6(8(11)12)7(9)4-5;;/h2-11,20H,12H2,(H,30,32)(H,33,34);2-8,14H,9H2,1H3,(H,23,25);2-4,11-12H;2*1H4/t20-;14-;;;/m00.../s1. The summed E-state index contributed by atoms with van der Waals surface area (Å²) in [5.41, 5.74) is 2.89. The van der Waals surface area contributed by atoms with Crippen molar-refractivity contribution >= 4 is 98.1 Å². The maximum atomic E-state index is 13.9. The minimum atomic E-state index is -1.59. The lowest BCUT2D eigenvalue weighted by molar-refractivity contribution is -0.143. The number of fused-ring (bicyclic) bond motifs is 2. The Balaban J connectivity index is 0.000000265. The molecular formula is C51H42BBrCl2F4N8O8. The quantitative estimate of drug-likeness (QED) is 0.0339. The predicted molar refractivity (Wildman–Crippen MR) is 278 cm³/mol. The predicted octanol–water partition coefficient (Wildman–Crippen LogP) is 9.64. The smallest absolute Gasteiger partial charge is 0.480 e. The first kappa shape index (κ1) is 59.4. The van der Waals surface area contributed by atoms with E-state index in [4.69, 9.17) is 51.1 Å². The van der Waals surface area contributed by atoms with Gasteiger partial charge in [-0.1, -0.05) is 74.5 Å². The Labute approximate surface area is 445 Å². The summed E-state index contributed by atoms with van der Waals surface area (Å²) in [6.07, 6.45) is 6.27. The molecular weight excluding hydrogens is 1090 g/mol. The number of nitrogens with zero attached hydrogens (tertiary/aromatic N) is 6. The summed E-state index contributed by atoms with van der Waals surface area (Å²) >= 11 is 15.4. The van der Waals surface area contributed by atoms with Gasteiger partial charge in [0.15, 0.2) is 17.0 Å². The average Bonchev–Trinajstić information content (AvgIpc) is 4.07. The molecule has 75 heavy (non-hydrogen) atoms. The largest absolute Gasteiger partial charge is 0.489 e. The van der Waals surface area contributed by atoms with Gasteiger partial charge in [-0.15, -0.1) is 0 Å². The molecule has 0 aliphatic heterocycles. The van der Waals surface area contributed by atoms with Crippen LogP contribution >= 0.6 is 39.1 Å². The fourth-order valence-electron chi connectivity index (χ4n) is 7.08. The summed E-state index contributed by atoms with van der Waals surface area (Å²) in [6, 6.07) is 19.4. The van der Waals surface area contributed by atoms with Crippen LogP contribution in [0.3, 0.4) is 0 Å². The van der Waals surface area contributed by atoms with Gasteiger partial charge in [0, 0.05) is 70.2 Å². The molecule has 4 heterocycles. The number of aromatic nitrogens is 4. The van der Waals surface area contributed by atoms with Gasteiger partial charge in [-0.2, -0.15) is 0 Å². The molecule has 0 radical (unpaired) electrons. The van der Waals surface area contributed by atoms with Gasteiger partial charge < -0.3 is 39.3 Å². The molecule has 16 nitrogen and oxygen atoms in total. The highest BCUT2D eigenvalue weighted by molar-refractivity contribution is 9.10. The molecule has 24 heteroatoms. The lowest BCUT2D eigenvalue weighted by Gasteiger charge is -2.18. The third-order valence-electron chi connectivity index (χ3n) is 10.6. The van der Waals surface area contributed by atoms with Crippen molar-refractivity contribution in [3.63, 3.8) is 0 Å². The van der Waals surface area contributed by atoms with Crippen molar-refractivity contribution in [2.24, 2.45) is 0 Å². The monoisotopic (exact) mass is 1130 g/mol. The van der Waals surface area contributed by atoms with Crippen molar-refractivity contribution < 1.29 is 56.6 Å². The van der Waals surface area contributed by atoms with E-state index in [-0.39, 0.29) is 38.2 Å². The van der Waals surface area contributed by atoms with Crippen molar-refractivity contribution in [2.45, 2.75) is 39.8 Å². The van der Waals surface area contributed by atoms with Crippen LogP contribution in [0.4, 0.5) is 28.9 Å². The fraction of sp³-hybridized carbons (Fsp3) is 0.137. The van der Waals surface area contributed by atoms with Crippen molar-refractivity contribution in [2.75, 3.05) is 7.11 Å². The minimum Gasteiger partial charge on any atom is -0.480 e. The average molecular weight is 1130 g/mol. The molecule has 8 rings (SSSR count). The van der Waals surface area contributed by atoms with Crippen molar-refractivity contribution in [1.29, 1.82) is 0 Å². The van der Waals surface area contributed by atoms with E-state index in [9.17, 15) is 41.8 Å². The topological polar surface area (TPSA) is 206 Å². The first-order chi connectivity index (χ1) is 34.9. The number of rotatable bonds is 12. The van der Waals surface area contributed by atoms with Crippen LogP contribution in [0.1, 0.15) is 47.0 Å². The van der Waals surface area contributed by atoms with E-state index in [1.54, 1.807) is 63.8 Å². The number of halogens is 7. The Morgan fingerprint density at radius 3 is 1.63 bits per heavy atom. The molecule has 4 aromatic carbocycles. The van der Waals surface area contributed by atoms with Gasteiger partial charge in [-0.3, -0.25) is 9.59 Å². The molecule has 4 aromatic heterocycles. The van der Waals surface area contributed by atoms with Gasteiger partial charge in [0.1, 0.15) is 52.1 Å². The van der Waals surface area contributed by atoms with Gasteiger partial charge >= 0.3 is 19.1 Å². The van der Waals surface area contributed by atoms with Crippen LogP contribution < -0.4 is 16.1 Å². The summed E-state index contributed by atoms with van der Waals surface area (Å²) in [4.78, 5) is 63.8. The number of methoxy groups -OCH3 is 1. The molecule has 0 aliphatic carbocycles. The Kier molecular flexibility index (Phi) is 21.2. The Morgan fingerprint density at radius 1 is 0.693 bits per heavy atom. The molecule has 0 aliphatic rings. The molecule has 0 bridgehead atoms. The van der Waals surface area contributed by atoms with E-state index in [0.717, 1.165) is 40.9 Å². The Hall–Kier alpha value is -8.12. The second-order valence-electron chi connectivity index (χ2n) is 15.1. The number of carboxylic acids is 1. The number of ether oxygens (including phenoxy) is 1. The Morgan fingerprint density at radius 2 is 1.15 bits per heavy atom. The van der Waals surface area contributed by atoms with Gasteiger partial charge in [0.2, 0.25) is 0 Å². The highest BCUT2D eigenvalue weighted by Crippen LogP contribution is 2.34. The molecule has 2 amide bonds. The van der Waals surface area contributed by atoms with Crippen LogP contribution in [0.2, 0.25) is 10.0 Å². The number of hydrogen-bond acceptors (Lipinski definition) is 9. The SMILES string of the molecule is C.C.COC(=O)[C@H](Cc1ccc(Br)c2nccn12)NC(=O)c1c(F)cccc1F.[C-]#[N+]c1ccc(-c2ccc(C[C@H](NC(=O)c3c(F)cccc3F)C(=O)O)n3ccnc23)c(Cl)c1.[C-]#[N+]c1ccc(B(O)O)c(Cl)c1. The molecule has 8 aromatic rings. The number of imidazole rings is 2. The Bertz CT molecular complexity index is 3460. The first-order valence-electron chi connectivity index (χ1n) is 20.9. The normalized spacial score (nSPS) is 11.1. The number of hydrogen-bond donors (Lipinski definition) is 5. The van der Waals surface area contributed by atoms with E-state index in [1.807, 2.05) is 0 Å². The minimum absolute atomic E-state index is 0. The molecule has 0 spiro atoms. The zero-order valence-electron chi connectivity index (χ0n) is 37.4. The summed E-state index contributed by atoms with van der Waals surface area (Å²) in [5, 5.41) is 32.2. The molecule has 0 unspecified atom stereocenters. The van der Waals surface area contributed by atoms with E-state index in [1.165, 1.54) is 37.6 Å².